The molecule has 0 unspecified atom stereocenters. The maximum atomic E-state index is 6.19. The first kappa shape index (κ1) is 18.5. The molecular weight excluding hydrogens is 374 g/mol. The zero-order chi connectivity index (χ0) is 18.8. The lowest BCUT2D eigenvalue weighted by atomic mass is 10.1. The van der Waals surface area contributed by atoms with Gasteiger partial charge in [-0.3, -0.25) is 4.90 Å². The fourth-order valence-corrected chi connectivity index (χ4v) is 4.56. The summed E-state index contributed by atoms with van der Waals surface area (Å²) in [7, 11) is 0. The summed E-state index contributed by atoms with van der Waals surface area (Å²) in [6.45, 7) is 9.34. The Kier molecular flexibility index (Phi) is 5.48. The third kappa shape index (κ3) is 4.34. The van der Waals surface area contributed by atoms with Crippen LogP contribution >= 0.6 is 22.9 Å². The molecule has 0 amide bonds. The molecule has 0 saturated carbocycles. The molecule has 1 aromatic heterocycles. The van der Waals surface area contributed by atoms with Crippen LogP contribution in [0.25, 0.3) is 10.6 Å². The van der Waals surface area contributed by atoms with Gasteiger partial charge < -0.3 is 4.90 Å². The second kappa shape index (κ2) is 8.01. The topological polar surface area (TPSA) is 19.4 Å². The first-order valence-corrected chi connectivity index (χ1v) is 10.6. The number of rotatable bonds is 4. The molecule has 140 valence electrons. The van der Waals surface area contributed by atoms with E-state index >= 15 is 0 Å². The van der Waals surface area contributed by atoms with Crippen LogP contribution in [0.1, 0.15) is 16.8 Å². The first-order chi connectivity index (χ1) is 13.1. The second-order valence-corrected chi connectivity index (χ2v) is 8.50. The first-order valence-electron chi connectivity index (χ1n) is 9.33. The van der Waals surface area contributed by atoms with Crippen molar-refractivity contribution in [2.45, 2.75) is 20.4 Å². The van der Waals surface area contributed by atoms with Gasteiger partial charge >= 0.3 is 0 Å². The van der Waals surface area contributed by atoms with Gasteiger partial charge in [-0.2, -0.15) is 0 Å². The number of halogens is 1. The number of aromatic nitrogens is 1. The molecule has 1 aliphatic rings. The maximum Gasteiger partial charge on any atom is 0.123 e. The molecule has 5 heteroatoms. The van der Waals surface area contributed by atoms with E-state index in [2.05, 4.69) is 65.4 Å². The van der Waals surface area contributed by atoms with Crippen LogP contribution in [0.15, 0.2) is 47.8 Å². The molecule has 0 atom stereocenters. The summed E-state index contributed by atoms with van der Waals surface area (Å²) in [4.78, 5) is 9.80. The van der Waals surface area contributed by atoms with Gasteiger partial charge in [0.25, 0.3) is 0 Å². The summed E-state index contributed by atoms with van der Waals surface area (Å²) in [5, 5.41) is 4.12. The van der Waals surface area contributed by atoms with Gasteiger partial charge in [0.05, 0.1) is 5.69 Å². The second-order valence-electron chi connectivity index (χ2n) is 7.21. The highest BCUT2D eigenvalue weighted by molar-refractivity contribution is 7.13. The molecule has 3 aromatic rings. The Balaban J connectivity index is 1.38. The summed E-state index contributed by atoms with van der Waals surface area (Å²) >= 11 is 7.93. The van der Waals surface area contributed by atoms with Crippen molar-refractivity contribution < 1.29 is 0 Å². The molecule has 2 aromatic carbocycles. The summed E-state index contributed by atoms with van der Waals surface area (Å²) in [5.74, 6) is 0. The van der Waals surface area contributed by atoms with Crippen LogP contribution in [0.2, 0.25) is 5.02 Å². The molecule has 1 fully saturated rings. The molecule has 0 radical (unpaired) electrons. The van der Waals surface area contributed by atoms with Crippen LogP contribution in [0.3, 0.4) is 0 Å². The van der Waals surface area contributed by atoms with Crippen molar-refractivity contribution in [3.05, 3.63) is 69.7 Å². The molecule has 1 saturated heterocycles. The van der Waals surface area contributed by atoms with Gasteiger partial charge in [0.15, 0.2) is 0 Å². The summed E-state index contributed by atoms with van der Waals surface area (Å²) in [6.07, 6.45) is 0. The van der Waals surface area contributed by atoms with Crippen molar-refractivity contribution in [2.75, 3.05) is 31.1 Å². The monoisotopic (exact) mass is 397 g/mol. The lowest BCUT2D eigenvalue weighted by molar-refractivity contribution is 0.247. The lowest BCUT2D eigenvalue weighted by Gasteiger charge is -2.36. The minimum atomic E-state index is 0.809. The smallest absolute Gasteiger partial charge is 0.123 e. The van der Waals surface area contributed by atoms with E-state index in [1.54, 1.807) is 11.3 Å². The zero-order valence-electron chi connectivity index (χ0n) is 15.8. The zero-order valence-corrected chi connectivity index (χ0v) is 17.4. The number of benzene rings is 2. The maximum absolute atomic E-state index is 6.19. The van der Waals surface area contributed by atoms with Gasteiger partial charge in [-0.15, -0.1) is 11.3 Å². The van der Waals surface area contributed by atoms with Crippen molar-refractivity contribution >= 4 is 28.6 Å². The van der Waals surface area contributed by atoms with E-state index in [1.807, 2.05) is 6.07 Å². The average Bonchev–Trinajstić information content (AvgIpc) is 3.13. The molecule has 0 aliphatic carbocycles. The summed E-state index contributed by atoms with van der Waals surface area (Å²) in [5.41, 5.74) is 6.21. The van der Waals surface area contributed by atoms with E-state index in [0.29, 0.717) is 0 Å². The van der Waals surface area contributed by atoms with Crippen molar-refractivity contribution in [1.29, 1.82) is 0 Å². The van der Waals surface area contributed by atoms with Gasteiger partial charge in [-0.1, -0.05) is 41.4 Å². The summed E-state index contributed by atoms with van der Waals surface area (Å²) in [6, 6.07) is 14.7. The molecule has 1 aliphatic heterocycles. The van der Waals surface area contributed by atoms with Crippen molar-refractivity contribution in [3.8, 4) is 10.6 Å². The Morgan fingerprint density at radius 2 is 1.85 bits per heavy atom. The molecule has 0 N–H and O–H groups in total. The number of nitrogens with zero attached hydrogens (tertiary/aromatic N) is 3. The van der Waals surface area contributed by atoms with Crippen LogP contribution in [0, 0.1) is 13.8 Å². The van der Waals surface area contributed by atoms with E-state index in [-0.39, 0.29) is 0 Å². The molecule has 0 spiro atoms. The summed E-state index contributed by atoms with van der Waals surface area (Å²) < 4.78 is 0. The predicted molar refractivity (Wildman–Crippen MR) is 116 cm³/mol. The highest BCUT2D eigenvalue weighted by Gasteiger charge is 2.19. The lowest BCUT2D eigenvalue weighted by Crippen LogP contribution is -2.46. The standard InChI is InChI=1S/C22H24ClN3S/c1-16-4-3-5-18(12-16)22-24-20(15-27-22)14-25-8-10-26(11-9-25)21-13-19(23)7-6-17(21)2/h3-7,12-13,15H,8-11,14H2,1-2H3. The predicted octanol–water partition coefficient (Wildman–Crippen LogP) is 5.40. The SMILES string of the molecule is Cc1cccc(-c2nc(CN3CCN(c4cc(Cl)ccc4C)CC3)cs2)c1. The molecule has 0 bridgehead atoms. The molecule has 27 heavy (non-hydrogen) atoms. The molecule has 3 nitrogen and oxygen atoms in total. The number of anilines is 1. The Morgan fingerprint density at radius 3 is 2.63 bits per heavy atom. The number of thiazole rings is 1. The Hall–Kier alpha value is -1.88. The van der Waals surface area contributed by atoms with Gasteiger partial charge in [0.2, 0.25) is 0 Å². The van der Waals surface area contributed by atoms with Crippen LogP contribution in [-0.2, 0) is 6.54 Å². The number of piperazine rings is 1. The van der Waals surface area contributed by atoms with Gasteiger partial charge in [-0.25, -0.2) is 4.98 Å². The van der Waals surface area contributed by atoms with Gasteiger partial charge in [0.1, 0.15) is 5.01 Å². The van der Waals surface area contributed by atoms with Gasteiger partial charge in [0, 0.05) is 54.4 Å². The fourth-order valence-electron chi connectivity index (χ4n) is 3.59. The molecule has 2 heterocycles. The number of hydrogen-bond donors (Lipinski definition) is 0. The Morgan fingerprint density at radius 1 is 1.04 bits per heavy atom. The van der Waals surface area contributed by atoms with E-state index in [0.717, 1.165) is 42.8 Å². The quantitative estimate of drug-likeness (QED) is 0.587. The fraction of sp³-hybridized carbons (Fsp3) is 0.318. The molecular formula is C22H24ClN3S. The Labute approximate surface area is 170 Å². The van der Waals surface area contributed by atoms with E-state index < -0.39 is 0 Å². The highest BCUT2D eigenvalue weighted by Crippen LogP contribution is 2.27. The van der Waals surface area contributed by atoms with E-state index in [4.69, 9.17) is 16.6 Å². The van der Waals surface area contributed by atoms with Crippen LogP contribution in [0.4, 0.5) is 5.69 Å². The average molecular weight is 398 g/mol. The van der Waals surface area contributed by atoms with Crippen LogP contribution in [0.5, 0.6) is 0 Å². The third-order valence-corrected chi connectivity index (χ3v) is 6.26. The van der Waals surface area contributed by atoms with Crippen molar-refractivity contribution in [2.24, 2.45) is 0 Å². The minimum Gasteiger partial charge on any atom is -0.369 e. The highest BCUT2D eigenvalue weighted by atomic mass is 35.5. The molecule has 4 rings (SSSR count). The van der Waals surface area contributed by atoms with E-state index in [1.165, 1.54) is 28.1 Å². The minimum absolute atomic E-state index is 0.809. The Bertz CT molecular complexity index is 929. The number of aryl methyl sites for hydroxylation is 2. The van der Waals surface area contributed by atoms with Crippen molar-refractivity contribution in [3.63, 3.8) is 0 Å². The largest absolute Gasteiger partial charge is 0.369 e. The van der Waals surface area contributed by atoms with Crippen LogP contribution < -0.4 is 4.90 Å². The van der Waals surface area contributed by atoms with Crippen LogP contribution in [-0.4, -0.2) is 36.1 Å². The van der Waals surface area contributed by atoms with E-state index in [9.17, 15) is 0 Å². The normalized spacial score (nSPS) is 15.3. The number of hydrogen-bond acceptors (Lipinski definition) is 4. The van der Waals surface area contributed by atoms with Crippen molar-refractivity contribution in [1.82, 2.24) is 9.88 Å². The van der Waals surface area contributed by atoms with Gasteiger partial charge in [-0.05, 0) is 37.6 Å². The third-order valence-electron chi connectivity index (χ3n) is 5.09.